The molecule has 5 aliphatic rings. The Hall–Kier alpha value is -1.09. The molecule has 2 unspecified atom stereocenters. The van der Waals surface area contributed by atoms with Gasteiger partial charge >= 0.3 is 5.97 Å². The topological polar surface area (TPSA) is 35.5 Å². The van der Waals surface area contributed by atoms with Crippen LogP contribution in [-0.2, 0) is 14.3 Å². The smallest absolute Gasteiger partial charge is 0.336 e. The van der Waals surface area contributed by atoms with Gasteiger partial charge < -0.3 is 9.47 Å². The number of carbonyl (C=O) groups is 1. The van der Waals surface area contributed by atoms with Crippen LogP contribution in [0.25, 0.3) is 0 Å². The van der Waals surface area contributed by atoms with Crippen LogP contribution in [0.2, 0.25) is 0 Å². The Morgan fingerprint density at radius 3 is 2.94 bits per heavy atom. The quantitative estimate of drug-likeness (QED) is 0.487. The number of esters is 1. The number of hydrogen-bond acceptors (Lipinski definition) is 3. The van der Waals surface area contributed by atoms with Crippen LogP contribution in [0.15, 0.2) is 23.8 Å². The van der Waals surface area contributed by atoms with Crippen molar-refractivity contribution in [2.45, 2.75) is 38.4 Å². The Morgan fingerprint density at radius 1 is 1.50 bits per heavy atom. The molecular formula is C15H18O3. The Balaban J connectivity index is 1.65. The Labute approximate surface area is 107 Å². The van der Waals surface area contributed by atoms with E-state index in [0.29, 0.717) is 11.5 Å². The van der Waals surface area contributed by atoms with Crippen molar-refractivity contribution in [2.24, 2.45) is 17.3 Å². The van der Waals surface area contributed by atoms with E-state index in [0.717, 1.165) is 18.9 Å². The van der Waals surface area contributed by atoms with Crippen molar-refractivity contribution >= 4 is 5.97 Å². The lowest BCUT2D eigenvalue weighted by Crippen LogP contribution is -2.54. The van der Waals surface area contributed by atoms with Gasteiger partial charge in [-0.05, 0) is 44.1 Å². The fourth-order valence-corrected chi connectivity index (χ4v) is 4.51. The molecule has 0 N–H and O–H groups in total. The molecule has 3 nitrogen and oxygen atoms in total. The fourth-order valence-electron chi connectivity index (χ4n) is 4.51. The summed E-state index contributed by atoms with van der Waals surface area (Å²) in [6.07, 6.45) is 6.36. The van der Waals surface area contributed by atoms with E-state index in [1.807, 2.05) is 6.08 Å². The third kappa shape index (κ3) is 1.11. The molecule has 1 saturated heterocycles. The van der Waals surface area contributed by atoms with Gasteiger partial charge in [0.15, 0.2) is 0 Å². The van der Waals surface area contributed by atoms with Crippen molar-refractivity contribution in [3.05, 3.63) is 23.8 Å². The highest BCUT2D eigenvalue weighted by molar-refractivity contribution is 5.90. The van der Waals surface area contributed by atoms with Crippen molar-refractivity contribution in [3.63, 3.8) is 0 Å². The summed E-state index contributed by atoms with van der Waals surface area (Å²) in [4.78, 5) is 11.6. The van der Waals surface area contributed by atoms with Crippen LogP contribution in [0.5, 0.6) is 0 Å². The molecule has 96 valence electrons. The second kappa shape index (κ2) is 3.08. The van der Waals surface area contributed by atoms with Gasteiger partial charge in [-0.25, -0.2) is 4.79 Å². The highest BCUT2D eigenvalue weighted by atomic mass is 16.7. The van der Waals surface area contributed by atoms with Crippen molar-refractivity contribution < 1.29 is 14.3 Å². The highest BCUT2D eigenvalue weighted by Gasteiger charge is 2.66. The van der Waals surface area contributed by atoms with E-state index >= 15 is 0 Å². The normalized spacial score (nSPS) is 49.5. The lowest BCUT2D eigenvalue weighted by atomic mass is 9.45. The molecule has 0 aromatic rings. The first-order valence-electron chi connectivity index (χ1n) is 6.79. The predicted octanol–water partition coefficient (Wildman–Crippen LogP) is 2.58. The minimum absolute atomic E-state index is 0.205. The van der Waals surface area contributed by atoms with E-state index in [1.165, 1.54) is 24.8 Å². The van der Waals surface area contributed by atoms with E-state index < -0.39 is 5.79 Å². The number of hydrogen-bond donors (Lipinski definition) is 0. The van der Waals surface area contributed by atoms with E-state index in [9.17, 15) is 4.79 Å². The van der Waals surface area contributed by atoms with Crippen LogP contribution in [0.1, 0.15) is 32.6 Å². The van der Waals surface area contributed by atoms with Gasteiger partial charge in [0.25, 0.3) is 0 Å². The predicted molar refractivity (Wildman–Crippen MR) is 65.6 cm³/mol. The van der Waals surface area contributed by atoms with Gasteiger partial charge in [-0.2, -0.15) is 0 Å². The number of fused-ring (bicyclic) bond motifs is 2. The maximum atomic E-state index is 11.6. The standard InChI is InChI=1S/C15H18O3/c1-9-3-4-11-5-12(9)14(11)7-15(17-8-14)6-10(2)13(16)18-15/h6,11-12H,1,3-5,7-8H2,2H3/t11?,12?,14-,15-/m0/s1. The molecule has 3 heteroatoms. The molecule has 5 rings (SSSR count). The fraction of sp³-hybridized carbons (Fsp3) is 0.667. The first-order chi connectivity index (χ1) is 8.55. The Kier molecular flexibility index (Phi) is 1.85. The minimum Gasteiger partial charge on any atom is -0.426 e. The zero-order valence-electron chi connectivity index (χ0n) is 10.7. The lowest BCUT2D eigenvalue weighted by Gasteiger charge is -2.58. The molecule has 4 atom stereocenters. The van der Waals surface area contributed by atoms with Gasteiger partial charge in [0, 0.05) is 17.4 Å². The summed E-state index contributed by atoms with van der Waals surface area (Å²) in [5, 5.41) is 0. The summed E-state index contributed by atoms with van der Waals surface area (Å²) in [5.41, 5.74) is 2.26. The molecule has 18 heavy (non-hydrogen) atoms. The monoisotopic (exact) mass is 246 g/mol. The number of rotatable bonds is 0. The zero-order valence-corrected chi connectivity index (χ0v) is 10.7. The molecule has 4 fully saturated rings. The van der Waals surface area contributed by atoms with Crippen LogP contribution < -0.4 is 0 Å². The van der Waals surface area contributed by atoms with Crippen LogP contribution in [0, 0.1) is 17.3 Å². The van der Waals surface area contributed by atoms with E-state index in [-0.39, 0.29) is 11.4 Å². The molecule has 3 saturated carbocycles. The molecule has 0 radical (unpaired) electrons. The molecular weight excluding hydrogens is 228 g/mol. The first-order valence-corrected chi connectivity index (χ1v) is 6.79. The maximum Gasteiger partial charge on any atom is 0.336 e. The molecule has 3 aliphatic carbocycles. The van der Waals surface area contributed by atoms with E-state index in [2.05, 4.69) is 6.58 Å². The third-order valence-corrected chi connectivity index (χ3v) is 5.52. The molecule has 2 spiro atoms. The van der Waals surface area contributed by atoms with E-state index in [1.54, 1.807) is 6.92 Å². The van der Waals surface area contributed by atoms with Crippen molar-refractivity contribution in [1.82, 2.24) is 0 Å². The molecule has 0 aromatic carbocycles. The van der Waals surface area contributed by atoms with Crippen molar-refractivity contribution in [2.75, 3.05) is 6.61 Å². The van der Waals surface area contributed by atoms with Crippen LogP contribution in [-0.4, -0.2) is 18.4 Å². The van der Waals surface area contributed by atoms with Crippen molar-refractivity contribution in [1.29, 1.82) is 0 Å². The summed E-state index contributed by atoms with van der Waals surface area (Å²) in [7, 11) is 0. The molecule has 2 bridgehead atoms. The van der Waals surface area contributed by atoms with E-state index in [4.69, 9.17) is 9.47 Å². The highest BCUT2D eigenvalue weighted by Crippen LogP contribution is 2.67. The summed E-state index contributed by atoms with van der Waals surface area (Å²) in [6.45, 7) is 6.74. The zero-order chi connectivity index (χ0) is 12.5. The number of ether oxygens (including phenoxy) is 2. The van der Waals surface area contributed by atoms with Gasteiger partial charge in [-0.3, -0.25) is 0 Å². The van der Waals surface area contributed by atoms with Crippen molar-refractivity contribution in [3.8, 4) is 0 Å². The van der Waals surface area contributed by atoms with Gasteiger partial charge in [-0.15, -0.1) is 0 Å². The minimum atomic E-state index is -0.754. The number of allylic oxidation sites excluding steroid dienone is 1. The largest absolute Gasteiger partial charge is 0.426 e. The Morgan fingerprint density at radius 2 is 2.33 bits per heavy atom. The first kappa shape index (κ1) is 10.8. The average Bonchev–Trinajstić information content (AvgIpc) is 2.82. The van der Waals surface area contributed by atoms with Gasteiger partial charge in [0.1, 0.15) is 0 Å². The molecule has 2 aliphatic heterocycles. The molecule has 0 aromatic heterocycles. The lowest BCUT2D eigenvalue weighted by molar-refractivity contribution is -0.182. The average molecular weight is 246 g/mol. The summed E-state index contributed by atoms with van der Waals surface area (Å²) < 4.78 is 11.4. The Bertz CT molecular complexity index is 490. The van der Waals surface area contributed by atoms with Gasteiger partial charge in [0.2, 0.25) is 5.79 Å². The molecule has 2 heterocycles. The van der Waals surface area contributed by atoms with Crippen LogP contribution in [0.3, 0.4) is 0 Å². The SMILES string of the molecule is C=C1CCC2CC1[C@@]21CO[C@]2(C=C(C)C(=O)O2)C1. The summed E-state index contributed by atoms with van der Waals surface area (Å²) in [6, 6.07) is 0. The second-order valence-corrected chi connectivity index (χ2v) is 6.41. The second-order valence-electron chi connectivity index (χ2n) is 6.41. The summed E-state index contributed by atoms with van der Waals surface area (Å²) >= 11 is 0. The number of carbonyl (C=O) groups excluding carboxylic acids is 1. The maximum absolute atomic E-state index is 11.6. The molecule has 0 amide bonds. The van der Waals surface area contributed by atoms with Gasteiger partial charge in [0.05, 0.1) is 6.61 Å². The van der Waals surface area contributed by atoms with Crippen LogP contribution in [0.4, 0.5) is 0 Å². The van der Waals surface area contributed by atoms with Gasteiger partial charge in [-0.1, -0.05) is 12.2 Å². The third-order valence-electron chi connectivity index (χ3n) is 5.52. The van der Waals surface area contributed by atoms with Crippen LogP contribution >= 0.6 is 0 Å². The summed E-state index contributed by atoms with van der Waals surface area (Å²) in [5.74, 6) is 0.342.